The molecule has 2 rings (SSSR count). The molecule has 0 amide bonds. The molecule has 0 radical (unpaired) electrons. The van der Waals surface area contributed by atoms with Crippen molar-refractivity contribution in [1.29, 1.82) is 0 Å². The topological polar surface area (TPSA) is 17.1 Å². The fraction of sp³-hybridized carbons (Fsp3) is 0.182. The van der Waals surface area contributed by atoms with Crippen LogP contribution in [0.2, 0.25) is 0 Å². The summed E-state index contributed by atoms with van der Waals surface area (Å²) in [5, 5.41) is 2.95. The van der Waals surface area contributed by atoms with Crippen molar-refractivity contribution in [3.05, 3.63) is 34.2 Å². The number of rotatable bonds is 2. The van der Waals surface area contributed by atoms with Gasteiger partial charge in [0.15, 0.2) is 6.29 Å². The molecule has 0 unspecified atom stereocenters. The second-order valence-corrected chi connectivity index (χ2v) is 4.34. The number of hydrogen-bond acceptors (Lipinski definition) is 2. The molecule has 0 saturated carbocycles. The van der Waals surface area contributed by atoms with Crippen LogP contribution in [0.25, 0.3) is 10.1 Å². The summed E-state index contributed by atoms with van der Waals surface area (Å²) in [6.07, 6.45) is 0.907. The minimum absolute atomic E-state index is 0.496. The lowest BCUT2D eigenvalue weighted by molar-refractivity contribution is 0.112. The minimum atomic E-state index is 0.496. The highest BCUT2D eigenvalue weighted by Crippen LogP contribution is 2.31. The zero-order chi connectivity index (χ0) is 10.1. The van der Waals surface area contributed by atoms with Crippen molar-refractivity contribution >= 4 is 39.3 Å². The second-order valence-electron chi connectivity index (χ2n) is 3.19. The molecule has 0 aliphatic carbocycles. The average molecular weight is 225 g/mol. The lowest BCUT2D eigenvalue weighted by Gasteiger charge is -2.01. The van der Waals surface area contributed by atoms with Crippen LogP contribution in [0.3, 0.4) is 0 Å². The Labute approximate surface area is 91.3 Å². The predicted molar refractivity (Wildman–Crippen MR) is 61.5 cm³/mol. The lowest BCUT2D eigenvalue weighted by Crippen LogP contribution is -1.84. The van der Waals surface area contributed by atoms with Crippen molar-refractivity contribution in [2.75, 3.05) is 0 Å². The molecule has 1 aromatic carbocycles. The van der Waals surface area contributed by atoms with E-state index in [1.165, 1.54) is 0 Å². The van der Waals surface area contributed by atoms with Crippen LogP contribution < -0.4 is 0 Å². The Morgan fingerprint density at radius 1 is 1.50 bits per heavy atom. The van der Waals surface area contributed by atoms with E-state index in [1.807, 2.05) is 24.4 Å². The van der Waals surface area contributed by atoms with Gasteiger partial charge in [-0.3, -0.25) is 4.79 Å². The summed E-state index contributed by atoms with van der Waals surface area (Å²) < 4.78 is 1.14. The zero-order valence-electron chi connectivity index (χ0n) is 7.71. The quantitative estimate of drug-likeness (QED) is 0.561. The van der Waals surface area contributed by atoms with Gasteiger partial charge < -0.3 is 0 Å². The monoisotopic (exact) mass is 224 g/mol. The van der Waals surface area contributed by atoms with E-state index in [0.717, 1.165) is 33.1 Å². The van der Waals surface area contributed by atoms with Crippen LogP contribution in [0.15, 0.2) is 17.5 Å². The molecule has 1 heterocycles. The van der Waals surface area contributed by atoms with Gasteiger partial charge in [-0.1, -0.05) is 12.1 Å². The fourth-order valence-corrected chi connectivity index (χ4v) is 3.00. The van der Waals surface area contributed by atoms with Gasteiger partial charge in [0.05, 0.1) is 0 Å². The Balaban J connectivity index is 2.86. The van der Waals surface area contributed by atoms with E-state index >= 15 is 0 Å². The van der Waals surface area contributed by atoms with Crippen molar-refractivity contribution < 1.29 is 4.79 Å². The second kappa shape index (κ2) is 3.71. The Morgan fingerprint density at radius 2 is 2.29 bits per heavy atom. The third-order valence-corrected chi connectivity index (χ3v) is 3.67. The summed E-state index contributed by atoms with van der Waals surface area (Å²) in [6, 6.07) is 4.04. The van der Waals surface area contributed by atoms with Crippen LogP contribution in [0.1, 0.15) is 21.5 Å². The van der Waals surface area contributed by atoms with E-state index in [9.17, 15) is 4.79 Å². The van der Waals surface area contributed by atoms with E-state index in [-0.39, 0.29) is 0 Å². The highest BCUT2D eigenvalue weighted by molar-refractivity contribution is 7.17. The maximum Gasteiger partial charge on any atom is 0.151 e. The number of aryl methyl sites for hydroxylation is 1. The molecule has 0 N–H and O–H groups in total. The Kier molecular flexibility index (Phi) is 2.57. The van der Waals surface area contributed by atoms with E-state index in [1.54, 1.807) is 11.3 Å². The van der Waals surface area contributed by atoms with Gasteiger partial charge in [0.2, 0.25) is 0 Å². The van der Waals surface area contributed by atoms with Crippen molar-refractivity contribution in [2.45, 2.75) is 12.8 Å². The lowest BCUT2D eigenvalue weighted by atomic mass is 10.1. The van der Waals surface area contributed by atoms with Crippen molar-refractivity contribution in [3.63, 3.8) is 0 Å². The SMILES string of the molecule is Cc1ccc(CCl)c2scc(C=O)c12. The summed E-state index contributed by atoms with van der Waals surface area (Å²) in [5.41, 5.74) is 3.01. The maximum absolute atomic E-state index is 10.8. The molecule has 1 aromatic heterocycles. The Hall–Kier alpha value is -0.860. The molecule has 3 heteroatoms. The molecule has 0 aliphatic heterocycles. The molecule has 72 valence electrons. The van der Waals surface area contributed by atoms with Gasteiger partial charge in [-0.15, -0.1) is 22.9 Å². The first-order chi connectivity index (χ1) is 6.77. The Morgan fingerprint density at radius 3 is 2.93 bits per heavy atom. The van der Waals surface area contributed by atoms with Crippen LogP contribution in [0.5, 0.6) is 0 Å². The molecular formula is C11H9ClOS. The van der Waals surface area contributed by atoms with Crippen LogP contribution in [0.4, 0.5) is 0 Å². The normalized spacial score (nSPS) is 10.7. The highest BCUT2D eigenvalue weighted by atomic mass is 35.5. The largest absolute Gasteiger partial charge is 0.298 e. The van der Waals surface area contributed by atoms with Gasteiger partial charge in [0, 0.05) is 26.9 Å². The number of halogens is 1. The van der Waals surface area contributed by atoms with Crippen LogP contribution in [-0.4, -0.2) is 6.29 Å². The van der Waals surface area contributed by atoms with E-state index < -0.39 is 0 Å². The molecular weight excluding hydrogens is 216 g/mol. The zero-order valence-corrected chi connectivity index (χ0v) is 9.28. The van der Waals surface area contributed by atoms with Crippen molar-refractivity contribution in [3.8, 4) is 0 Å². The first kappa shape index (κ1) is 9.69. The van der Waals surface area contributed by atoms with Gasteiger partial charge in [0.1, 0.15) is 0 Å². The summed E-state index contributed by atoms with van der Waals surface area (Å²) in [7, 11) is 0. The number of carbonyl (C=O) groups excluding carboxylic acids is 1. The summed E-state index contributed by atoms with van der Waals surface area (Å²) >= 11 is 7.42. The molecule has 1 nitrogen and oxygen atoms in total. The third-order valence-electron chi connectivity index (χ3n) is 2.31. The summed E-state index contributed by atoms with van der Waals surface area (Å²) in [5.74, 6) is 0.496. The minimum Gasteiger partial charge on any atom is -0.298 e. The number of hydrogen-bond donors (Lipinski definition) is 0. The number of carbonyl (C=O) groups is 1. The van der Waals surface area contributed by atoms with Crippen molar-refractivity contribution in [2.24, 2.45) is 0 Å². The van der Waals surface area contributed by atoms with E-state index in [2.05, 4.69) is 0 Å². The van der Waals surface area contributed by atoms with Crippen LogP contribution >= 0.6 is 22.9 Å². The number of fused-ring (bicyclic) bond motifs is 1. The first-order valence-corrected chi connectivity index (χ1v) is 5.70. The summed E-state index contributed by atoms with van der Waals surface area (Å²) in [4.78, 5) is 10.8. The standard InChI is InChI=1S/C11H9ClOS/c1-7-2-3-8(4-12)11-10(7)9(5-13)6-14-11/h2-3,5-6H,4H2,1H3. The maximum atomic E-state index is 10.8. The van der Waals surface area contributed by atoms with Crippen LogP contribution in [0, 0.1) is 6.92 Å². The third kappa shape index (κ3) is 1.35. The van der Waals surface area contributed by atoms with Crippen molar-refractivity contribution in [1.82, 2.24) is 0 Å². The molecule has 14 heavy (non-hydrogen) atoms. The van der Waals surface area contributed by atoms with Gasteiger partial charge in [-0.2, -0.15) is 0 Å². The highest BCUT2D eigenvalue weighted by Gasteiger charge is 2.09. The van der Waals surface area contributed by atoms with Gasteiger partial charge in [-0.25, -0.2) is 0 Å². The smallest absolute Gasteiger partial charge is 0.151 e. The fourth-order valence-electron chi connectivity index (χ4n) is 1.59. The molecule has 0 saturated heterocycles. The molecule has 0 aliphatic rings. The Bertz CT molecular complexity index is 487. The predicted octanol–water partition coefficient (Wildman–Crippen LogP) is 3.76. The number of thiophene rings is 1. The van der Waals surface area contributed by atoms with Gasteiger partial charge in [-0.05, 0) is 18.1 Å². The molecule has 0 fully saturated rings. The molecule has 0 bridgehead atoms. The number of benzene rings is 1. The molecule has 0 spiro atoms. The number of alkyl halides is 1. The van der Waals surface area contributed by atoms with E-state index in [4.69, 9.17) is 11.6 Å². The average Bonchev–Trinajstić information content (AvgIpc) is 2.63. The van der Waals surface area contributed by atoms with Crippen LogP contribution in [-0.2, 0) is 5.88 Å². The summed E-state index contributed by atoms with van der Waals surface area (Å²) in [6.45, 7) is 2.01. The van der Waals surface area contributed by atoms with Gasteiger partial charge >= 0.3 is 0 Å². The van der Waals surface area contributed by atoms with E-state index in [0.29, 0.717) is 5.88 Å². The molecule has 2 aromatic rings. The first-order valence-electron chi connectivity index (χ1n) is 4.28. The van der Waals surface area contributed by atoms with Gasteiger partial charge in [0.25, 0.3) is 0 Å². The number of aldehydes is 1. The molecule has 0 atom stereocenters.